The van der Waals surface area contributed by atoms with Crippen molar-refractivity contribution in [3.8, 4) is 0 Å². The molecule has 19 heavy (non-hydrogen) atoms. The fraction of sp³-hybridized carbons (Fsp3) is 0.571. The Bertz CT molecular complexity index is 430. The molecule has 2 heterocycles. The van der Waals surface area contributed by atoms with E-state index in [1.165, 1.54) is 32.1 Å². The summed E-state index contributed by atoms with van der Waals surface area (Å²) in [6, 6.07) is 3.62. The summed E-state index contributed by atoms with van der Waals surface area (Å²) in [5.41, 5.74) is 0.939. The first-order valence-corrected chi connectivity index (χ1v) is 6.75. The highest BCUT2D eigenvalue weighted by molar-refractivity contribution is 5.86. The Labute approximate surface area is 113 Å². The van der Waals surface area contributed by atoms with Gasteiger partial charge < -0.3 is 14.9 Å². The lowest BCUT2D eigenvalue weighted by molar-refractivity contribution is 0.0688. The second-order valence-corrected chi connectivity index (χ2v) is 5.10. The van der Waals surface area contributed by atoms with E-state index in [0.717, 1.165) is 18.7 Å². The Kier molecular flexibility index (Phi) is 4.87. The van der Waals surface area contributed by atoms with E-state index in [4.69, 9.17) is 5.11 Å². The fourth-order valence-electron chi connectivity index (χ4n) is 2.45. The minimum atomic E-state index is -0.955. The van der Waals surface area contributed by atoms with Gasteiger partial charge in [-0.2, -0.15) is 0 Å². The van der Waals surface area contributed by atoms with Gasteiger partial charge in [0.2, 0.25) is 0 Å². The van der Waals surface area contributed by atoms with Gasteiger partial charge in [0, 0.05) is 25.8 Å². The molecule has 1 fully saturated rings. The highest BCUT2D eigenvalue weighted by Gasteiger charge is 2.14. The van der Waals surface area contributed by atoms with Crippen LogP contribution in [-0.4, -0.2) is 59.1 Å². The largest absolute Gasteiger partial charge is 0.477 e. The number of carbonyl (C=O) groups is 1. The lowest BCUT2D eigenvalue weighted by Gasteiger charge is -2.21. The normalized spacial score (nSPS) is 16.1. The minimum Gasteiger partial charge on any atom is -0.477 e. The number of carboxylic acids is 1. The summed E-state index contributed by atoms with van der Waals surface area (Å²) in [6.45, 7) is 5.03. The van der Waals surface area contributed by atoms with Gasteiger partial charge in [-0.15, -0.1) is 0 Å². The Morgan fingerprint density at radius 2 is 2.21 bits per heavy atom. The molecule has 104 valence electrons. The molecule has 1 aliphatic heterocycles. The molecule has 0 radical (unpaired) electrons. The molecule has 0 spiro atoms. The smallest absolute Gasteiger partial charge is 0.354 e. The number of hydrogen-bond acceptors (Lipinski definition) is 4. The van der Waals surface area contributed by atoms with E-state index in [-0.39, 0.29) is 5.69 Å². The number of carboxylic acid groups (broad SMARTS) is 1. The summed E-state index contributed by atoms with van der Waals surface area (Å²) >= 11 is 0. The van der Waals surface area contributed by atoms with Crippen LogP contribution in [0.2, 0.25) is 0 Å². The van der Waals surface area contributed by atoms with Gasteiger partial charge in [-0.05, 0) is 44.6 Å². The number of aromatic nitrogens is 1. The first-order chi connectivity index (χ1) is 9.16. The van der Waals surface area contributed by atoms with Gasteiger partial charge in [-0.3, -0.25) is 0 Å². The Morgan fingerprint density at radius 1 is 1.47 bits per heavy atom. The van der Waals surface area contributed by atoms with Crippen molar-refractivity contribution in [2.75, 3.05) is 33.2 Å². The van der Waals surface area contributed by atoms with Crippen LogP contribution >= 0.6 is 0 Å². The van der Waals surface area contributed by atoms with Crippen LogP contribution < -0.4 is 0 Å². The molecule has 1 saturated heterocycles. The van der Waals surface area contributed by atoms with Crippen LogP contribution in [-0.2, 0) is 6.54 Å². The van der Waals surface area contributed by atoms with Crippen LogP contribution in [0.25, 0.3) is 0 Å². The molecule has 0 amide bonds. The van der Waals surface area contributed by atoms with Crippen molar-refractivity contribution in [3.05, 3.63) is 29.6 Å². The Balaban J connectivity index is 1.87. The molecule has 0 aliphatic carbocycles. The fourth-order valence-corrected chi connectivity index (χ4v) is 2.45. The van der Waals surface area contributed by atoms with Crippen molar-refractivity contribution in [1.82, 2.24) is 14.8 Å². The number of aromatic carboxylic acids is 1. The van der Waals surface area contributed by atoms with Crippen molar-refractivity contribution in [1.29, 1.82) is 0 Å². The van der Waals surface area contributed by atoms with Crippen molar-refractivity contribution in [2.45, 2.75) is 19.4 Å². The lowest BCUT2D eigenvalue weighted by Crippen LogP contribution is -2.31. The van der Waals surface area contributed by atoms with E-state index in [9.17, 15) is 4.79 Å². The number of rotatable bonds is 6. The standard InChI is InChI=1S/C14H21N3O2/c1-16(9-10-17-7-2-3-8-17)11-12-5-4-6-15-13(12)14(18)19/h4-6H,2-3,7-11H2,1H3,(H,18,19). The van der Waals surface area contributed by atoms with Gasteiger partial charge in [0.15, 0.2) is 5.69 Å². The number of hydrogen-bond donors (Lipinski definition) is 1. The van der Waals surface area contributed by atoms with Crippen LogP contribution in [0.3, 0.4) is 0 Å². The molecule has 1 aromatic heterocycles. The Morgan fingerprint density at radius 3 is 2.89 bits per heavy atom. The van der Waals surface area contributed by atoms with Crippen LogP contribution in [0.15, 0.2) is 18.3 Å². The van der Waals surface area contributed by atoms with Gasteiger partial charge in [0.1, 0.15) is 0 Å². The zero-order chi connectivity index (χ0) is 13.7. The number of nitrogens with zero attached hydrogens (tertiary/aromatic N) is 3. The van der Waals surface area contributed by atoms with Gasteiger partial charge in [0.25, 0.3) is 0 Å². The highest BCUT2D eigenvalue weighted by Crippen LogP contribution is 2.10. The van der Waals surface area contributed by atoms with Crippen LogP contribution in [0.4, 0.5) is 0 Å². The number of pyridine rings is 1. The molecule has 2 rings (SSSR count). The lowest BCUT2D eigenvalue weighted by atomic mass is 10.2. The summed E-state index contributed by atoms with van der Waals surface area (Å²) < 4.78 is 0. The topological polar surface area (TPSA) is 56.7 Å². The van der Waals surface area contributed by atoms with E-state index in [1.807, 2.05) is 13.1 Å². The molecule has 0 aromatic carbocycles. The average Bonchev–Trinajstić information content (AvgIpc) is 2.90. The van der Waals surface area contributed by atoms with Gasteiger partial charge in [-0.25, -0.2) is 9.78 Å². The second kappa shape index (κ2) is 6.63. The summed E-state index contributed by atoms with van der Waals surface area (Å²) in [4.78, 5) is 19.6. The summed E-state index contributed by atoms with van der Waals surface area (Å²) in [5.74, 6) is -0.955. The predicted molar refractivity (Wildman–Crippen MR) is 73.2 cm³/mol. The third-order valence-electron chi connectivity index (χ3n) is 3.53. The zero-order valence-corrected chi connectivity index (χ0v) is 11.4. The molecule has 0 bridgehead atoms. The van der Waals surface area contributed by atoms with Crippen LogP contribution in [0, 0.1) is 0 Å². The highest BCUT2D eigenvalue weighted by atomic mass is 16.4. The monoisotopic (exact) mass is 263 g/mol. The SMILES string of the molecule is CN(CCN1CCCC1)Cc1cccnc1C(=O)O. The first-order valence-electron chi connectivity index (χ1n) is 6.75. The van der Waals surface area contributed by atoms with E-state index in [0.29, 0.717) is 6.54 Å². The third kappa shape index (κ3) is 4.01. The maximum Gasteiger partial charge on any atom is 0.354 e. The summed E-state index contributed by atoms with van der Waals surface area (Å²) in [6.07, 6.45) is 4.13. The van der Waals surface area contributed by atoms with E-state index in [1.54, 1.807) is 6.07 Å². The number of likely N-dealkylation sites (tertiary alicyclic amines) is 1. The van der Waals surface area contributed by atoms with Gasteiger partial charge in [-0.1, -0.05) is 6.07 Å². The summed E-state index contributed by atoms with van der Waals surface area (Å²) in [7, 11) is 2.02. The van der Waals surface area contributed by atoms with Gasteiger partial charge in [0.05, 0.1) is 0 Å². The Hall–Kier alpha value is -1.46. The van der Waals surface area contributed by atoms with Crippen molar-refractivity contribution in [3.63, 3.8) is 0 Å². The minimum absolute atomic E-state index is 0.163. The molecule has 1 aromatic rings. The molecular weight excluding hydrogens is 242 g/mol. The van der Waals surface area contributed by atoms with Crippen LogP contribution in [0.1, 0.15) is 28.9 Å². The first kappa shape index (κ1) is 14.0. The average molecular weight is 263 g/mol. The molecule has 0 unspecified atom stereocenters. The van der Waals surface area contributed by atoms with Crippen molar-refractivity contribution in [2.24, 2.45) is 0 Å². The summed E-state index contributed by atoms with van der Waals surface area (Å²) in [5, 5.41) is 9.09. The molecule has 1 N–H and O–H groups in total. The van der Waals surface area contributed by atoms with Gasteiger partial charge >= 0.3 is 5.97 Å². The second-order valence-electron chi connectivity index (χ2n) is 5.10. The van der Waals surface area contributed by atoms with E-state index in [2.05, 4.69) is 14.8 Å². The molecule has 1 aliphatic rings. The maximum absolute atomic E-state index is 11.1. The quantitative estimate of drug-likeness (QED) is 0.838. The third-order valence-corrected chi connectivity index (χ3v) is 3.53. The molecule has 5 heteroatoms. The molecule has 0 saturated carbocycles. The number of likely N-dealkylation sites (N-methyl/N-ethyl adjacent to an activating group) is 1. The van der Waals surface area contributed by atoms with Crippen molar-refractivity contribution < 1.29 is 9.90 Å². The molecule has 5 nitrogen and oxygen atoms in total. The predicted octanol–water partition coefficient (Wildman–Crippen LogP) is 1.31. The van der Waals surface area contributed by atoms with E-state index < -0.39 is 5.97 Å². The van der Waals surface area contributed by atoms with Crippen molar-refractivity contribution >= 4 is 5.97 Å². The maximum atomic E-state index is 11.1. The zero-order valence-electron chi connectivity index (χ0n) is 11.4. The molecular formula is C14H21N3O2. The van der Waals surface area contributed by atoms with Crippen LogP contribution in [0.5, 0.6) is 0 Å². The van der Waals surface area contributed by atoms with E-state index >= 15 is 0 Å². The molecule has 0 atom stereocenters.